The van der Waals surface area contributed by atoms with Crippen LogP contribution in [0.5, 0.6) is 0 Å². The number of nitrogens with zero attached hydrogens (tertiary/aromatic N) is 4. The van der Waals surface area contributed by atoms with Crippen molar-refractivity contribution in [2.45, 2.75) is 25.7 Å². The van der Waals surface area contributed by atoms with Crippen molar-refractivity contribution in [2.24, 2.45) is 0 Å². The van der Waals surface area contributed by atoms with E-state index in [1.165, 1.54) is 19.3 Å². The molecule has 0 bridgehead atoms. The van der Waals surface area contributed by atoms with Gasteiger partial charge in [-0.15, -0.1) is 6.58 Å². The van der Waals surface area contributed by atoms with Gasteiger partial charge in [-0.1, -0.05) is 6.08 Å². The lowest BCUT2D eigenvalue weighted by molar-refractivity contribution is 0.566. The molecule has 0 saturated carbocycles. The van der Waals surface area contributed by atoms with E-state index >= 15 is 0 Å². The van der Waals surface area contributed by atoms with Crippen LogP contribution < -0.4 is 4.90 Å². The molecule has 2 rings (SSSR count). The maximum atomic E-state index is 4.42. The molecule has 1 saturated heterocycles. The molecule has 1 aliphatic rings. The lowest BCUT2D eigenvalue weighted by Gasteiger charge is -2.26. The Kier molecular flexibility index (Phi) is 3.27. The molecule has 4 heteroatoms. The number of rotatable bonds is 3. The summed E-state index contributed by atoms with van der Waals surface area (Å²) in [5, 5.41) is 0. The van der Waals surface area contributed by atoms with Gasteiger partial charge in [-0.25, -0.2) is 9.97 Å². The smallest absolute Gasteiger partial charge is 0.228 e. The quantitative estimate of drug-likeness (QED) is 0.701. The van der Waals surface area contributed by atoms with Gasteiger partial charge in [-0.05, 0) is 19.3 Å². The van der Waals surface area contributed by atoms with Gasteiger partial charge in [0.25, 0.3) is 0 Å². The van der Waals surface area contributed by atoms with Crippen LogP contribution in [0.1, 0.15) is 25.1 Å². The van der Waals surface area contributed by atoms with E-state index in [0.717, 1.165) is 24.9 Å². The fraction of sp³-hybridized carbons (Fsp3) is 0.545. The summed E-state index contributed by atoms with van der Waals surface area (Å²) in [4.78, 5) is 15.0. The molecular weight excluding hydrogens is 188 g/mol. The van der Waals surface area contributed by atoms with Crippen molar-refractivity contribution in [3.63, 3.8) is 0 Å². The minimum atomic E-state index is 0.712. The monoisotopic (exact) mass is 204 g/mol. The molecule has 0 N–H and O–H groups in total. The van der Waals surface area contributed by atoms with E-state index in [1.807, 2.05) is 6.08 Å². The van der Waals surface area contributed by atoms with Crippen LogP contribution in [0.2, 0.25) is 0 Å². The highest BCUT2D eigenvalue weighted by molar-refractivity contribution is 5.29. The van der Waals surface area contributed by atoms with E-state index in [0.29, 0.717) is 6.42 Å². The summed E-state index contributed by atoms with van der Waals surface area (Å²) >= 11 is 0. The van der Waals surface area contributed by atoms with Crippen LogP contribution in [-0.2, 0) is 6.42 Å². The second-order valence-electron chi connectivity index (χ2n) is 3.74. The first-order chi connectivity index (χ1) is 7.40. The summed E-state index contributed by atoms with van der Waals surface area (Å²) in [7, 11) is 0. The van der Waals surface area contributed by atoms with Gasteiger partial charge >= 0.3 is 0 Å². The molecule has 0 aromatic carbocycles. The lowest BCUT2D eigenvalue weighted by Crippen LogP contribution is -2.31. The Morgan fingerprint density at radius 2 is 2.07 bits per heavy atom. The molecule has 1 aromatic heterocycles. The predicted octanol–water partition coefficient (Wildman–Crippen LogP) is 1.59. The number of hydrogen-bond donors (Lipinski definition) is 0. The molecule has 1 fully saturated rings. The molecule has 0 aliphatic carbocycles. The number of allylic oxidation sites excluding steroid dienone is 1. The minimum absolute atomic E-state index is 0.712. The van der Waals surface area contributed by atoms with Crippen molar-refractivity contribution < 1.29 is 0 Å². The van der Waals surface area contributed by atoms with Crippen molar-refractivity contribution >= 4 is 5.95 Å². The van der Waals surface area contributed by atoms with E-state index in [-0.39, 0.29) is 0 Å². The normalized spacial score (nSPS) is 16.4. The summed E-state index contributed by atoms with van der Waals surface area (Å²) in [6.07, 6.45) is 7.92. The summed E-state index contributed by atoms with van der Waals surface area (Å²) in [6.45, 7) is 5.82. The summed E-state index contributed by atoms with van der Waals surface area (Å²) in [6, 6.07) is 0. The van der Waals surface area contributed by atoms with E-state index in [4.69, 9.17) is 0 Å². The van der Waals surface area contributed by atoms with Crippen molar-refractivity contribution in [3.05, 3.63) is 24.8 Å². The zero-order valence-corrected chi connectivity index (χ0v) is 8.89. The summed E-state index contributed by atoms with van der Waals surface area (Å²) < 4.78 is 0. The van der Waals surface area contributed by atoms with Gasteiger partial charge in [0.05, 0.1) is 0 Å². The molecule has 0 spiro atoms. The fourth-order valence-electron chi connectivity index (χ4n) is 1.79. The maximum absolute atomic E-state index is 4.42. The molecule has 4 nitrogen and oxygen atoms in total. The predicted molar refractivity (Wildman–Crippen MR) is 59.8 cm³/mol. The Morgan fingerprint density at radius 3 is 2.80 bits per heavy atom. The average Bonchev–Trinajstić information content (AvgIpc) is 2.31. The zero-order chi connectivity index (χ0) is 10.5. The first-order valence-corrected chi connectivity index (χ1v) is 5.44. The van der Waals surface area contributed by atoms with Gasteiger partial charge in [0.15, 0.2) is 0 Å². The van der Waals surface area contributed by atoms with Gasteiger partial charge < -0.3 is 4.90 Å². The molecule has 0 unspecified atom stereocenters. The standard InChI is InChI=1S/C11H16N4/c1-2-6-10-12-9-13-11(14-10)15-7-4-3-5-8-15/h2,9H,1,3-8H2. The van der Waals surface area contributed by atoms with Gasteiger partial charge in [0, 0.05) is 19.5 Å². The van der Waals surface area contributed by atoms with Crippen LogP contribution in [0.3, 0.4) is 0 Å². The van der Waals surface area contributed by atoms with Crippen molar-refractivity contribution in [3.8, 4) is 0 Å². The molecule has 80 valence electrons. The Bertz CT molecular complexity index is 331. The number of hydrogen-bond acceptors (Lipinski definition) is 4. The molecule has 1 aliphatic heterocycles. The van der Waals surface area contributed by atoms with Gasteiger partial charge in [-0.2, -0.15) is 4.98 Å². The van der Waals surface area contributed by atoms with Gasteiger partial charge in [-0.3, -0.25) is 0 Å². The van der Waals surface area contributed by atoms with Crippen LogP contribution >= 0.6 is 0 Å². The Morgan fingerprint density at radius 1 is 1.27 bits per heavy atom. The van der Waals surface area contributed by atoms with Crippen LogP contribution in [0.25, 0.3) is 0 Å². The molecule has 15 heavy (non-hydrogen) atoms. The number of anilines is 1. The first kappa shape index (κ1) is 10.1. The summed E-state index contributed by atoms with van der Waals surface area (Å²) in [5.74, 6) is 1.63. The van der Waals surface area contributed by atoms with E-state index in [1.54, 1.807) is 6.33 Å². The molecule has 1 aromatic rings. The zero-order valence-electron chi connectivity index (χ0n) is 8.89. The third kappa shape index (κ3) is 2.52. The second-order valence-corrected chi connectivity index (χ2v) is 3.74. The molecular formula is C11H16N4. The number of piperidine rings is 1. The van der Waals surface area contributed by atoms with Crippen LogP contribution in [-0.4, -0.2) is 28.0 Å². The van der Waals surface area contributed by atoms with Crippen LogP contribution in [0.4, 0.5) is 5.95 Å². The van der Waals surface area contributed by atoms with Crippen LogP contribution in [0.15, 0.2) is 19.0 Å². The summed E-state index contributed by atoms with van der Waals surface area (Å²) in [5.41, 5.74) is 0. The number of aromatic nitrogens is 3. The minimum Gasteiger partial charge on any atom is -0.341 e. The average molecular weight is 204 g/mol. The third-order valence-corrected chi connectivity index (χ3v) is 2.57. The Hall–Kier alpha value is -1.45. The van der Waals surface area contributed by atoms with Crippen molar-refractivity contribution in [1.29, 1.82) is 0 Å². The molecule has 0 atom stereocenters. The second kappa shape index (κ2) is 4.87. The molecule has 0 radical (unpaired) electrons. The van der Waals surface area contributed by atoms with E-state index < -0.39 is 0 Å². The van der Waals surface area contributed by atoms with Crippen LogP contribution in [0, 0.1) is 0 Å². The Balaban J connectivity index is 2.12. The highest BCUT2D eigenvalue weighted by Crippen LogP contribution is 2.14. The topological polar surface area (TPSA) is 41.9 Å². The lowest BCUT2D eigenvalue weighted by atomic mass is 10.1. The molecule has 0 amide bonds. The van der Waals surface area contributed by atoms with E-state index in [2.05, 4.69) is 26.4 Å². The Labute approximate surface area is 90.1 Å². The largest absolute Gasteiger partial charge is 0.341 e. The third-order valence-electron chi connectivity index (χ3n) is 2.57. The van der Waals surface area contributed by atoms with Gasteiger partial charge in [0.2, 0.25) is 5.95 Å². The highest BCUT2D eigenvalue weighted by atomic mass is 15.3. The van der Waals surface area contributed by atoms with Crippen molar-refractivity contribution in [2.75, 3.05) is 18.0 Å². The van der Waals surface area contributed by atoms with Crippen molar-refractivity contribution in [1.82, 2.24) is 15.0 Å². The first-order valence-electron chi connectivity index (χ1n) is 5.44. The fourth-order valence-corrected chi connectivity index (χ4v) is 1.79. The molecule has 2 heterocycles. The SMILES string of the molecule is C=CCc1ncnc(N2CCCCC2)n1. The van der Waals surface area contributed by atoms with Gasteiger partial charge in [0.1, 0.15) is 12.2 Å². The maximum Gasteiger partial charge on any atom is 0.228 e. The highest BCUT2D eigenvalue weighted by Gasteiger charge is 2.13. The van der Waals surface area contributed by atoms with E-state index in [9.17, 15) is 0 Å².